The van der Waals surface area contributed by atoms with E-state index in [0.717, 1.165) is 14.2 Å². The minimum absolute atomic E-state index is 0.0358. The topological polar surface area (TPSA) is 116 Å². The van der Waals surface area contributed by atoms with Gasteiger partial charge in [0.25, 0.3) is 0 Å². The summed E-state index contributed by atoms with van der Waals surface area (Å²) in [6.45, 7) is -0.653. The maximum atomic E-state index is 11.8. The lowest BCUT2D eigenvalue weighted by atomic mass is 9.86. The first-order chi connectivity index (χ1) is 9.90. The molecule has 1 atom stereocenters. The fraction of sp³-hybridized carbons (Fsp3) is 0.385. The van der Waals surface area contributed by atoms with Crippen molar-refractivity contribution in [3.63, 3.8) is 0 Å². The van der Waals surface area contributed by atoms with Crippen molar-refractivity contribution in [3.8, 4) is 5.75 Å². The van der Waals surface area contributed by atoms with Gasteiger partial charge in [0.15, 0.2) is 5.92 Å². The van der Waals surface area contributed by atoms with E-state index in [9.17, 15) is 24.8 Å². The highest BCUT2D eigenvalue weighted by Crippen LogP contribution is 2.28. The quantitative estimate of drug-likeness (QED) is 0.356. The molecule has 0 aromatic heterocycles. The van der Waals surface area contributed by atoms with Gasteiger partial charge in [-0.2, -0.15) is 0 Å². The number of carbonyl (C=O) groups excluding carboxylic acids is 2. The number of benzene rings is 1. The molecule has 1 rings (SSSR count). The molecule has 0 radical (unpaired) electrons. The Morgan fingerprint density at radius 2 is 1.67 bits per heavy atom. The van der Waals surface area contributed by atoms with Gasteiger partial charge in [0, 0.05) is 4.92 Å². The smallest absolute Gasteiger partial charge is 0.320 e. The molecule has 0 heterocycles. The highest BCUT2D eigenvalue weighted by atomic mass is 16.6. The fourth-order valence-corrected chi connectivity index (χ4v) is 1.96. The molecule has 0 amide bonds. The average molecular weight is 297 g/mol. The van der Waals surface area contributed by atoms with E-state index < -0.39 is 35.2 Å². The van der Waals surface area contributed by atoms with Gasteiger partial charge in [0.1, 0.15) is 5.75 Å². The number of methoxy groups -OCH3 is 2. The molecule has 0 aliphatic rings. The van der Waals surface area contributed by atoms with Crippen molar-refractivity contribution in [2.75, 3.05) is 20.8 Å². The van der Waals surface area contributed by atoms with Crippen LogP contribution in [-0.4, -0.2) is 42.7 Å². The number of hydrogen-bond acceptors (Lipinski definition) is 7. The second-order valence-electron chi connectivity index (χ2n) is 4.24. The van der Waals surface area contributed by atoms with E-state index in [1.807, 2.05) is 0 Å². The molecule has 0 unspecified atom stereocenters. The van der Waals surface area contributed by atoms with Crippen LogP contribution in [0.3, 0.4) is 0 Å². The van der Waals surface area contributed by atoms with Gasteiger partial charge >= 0.3 is 11.9 Å². The molecule has 1 aromatic carbocycles. The van der Waals surface area contributed by atoms with Crippen LogP contribution in [0.1, 0.15) is 11.5 Å². The monoisotopic (exact) mass is 297 g/mol. The Bertz CT molecular complexity index is 510. The molecule has 0 aliphatic carbocycles. The molecule has 0 aliphatic heterocycles. The molecule has 0 spiro atoms. The first-order valence-corrected chi connectivity index (χ1v) is 5.97. The van der Waals surface area contributed by atoms with E-state index in [1.165, 1.54) is 24.3 Å². The summed E-state index contributed by atoms with van der Waals surface area (Å²) >= 11 is 0. The van der Waals surface area contributed by atoms with Crippen molar-refractivity contribution < 1.29 is 29.1 Å². The van der Waals surface area contributed by atoms with E-state index in [4.69, 9.17) is 0 Å². The maximum Gasteiger partial charge on any atom is 0.320 e. The van der Waals surface area contributed by atoms with Crippen LogP contribution >= 0.6 is 0 Å². The number of phenolic OH excluding ortho intramolecular Hbond substituents is 1. The number of carbonyl (C=O) groups is 2. The Kier molecular flexibility index (Phi) is 5.65. The van der Waals surface area contributed by atoms with Gasteiger partial charge in [-0.3, -0.25) is 19.7 Å². The summed E-state index contributed by atoms with van der Waals surface area (Å²) < 4.78 is 9.06. The average Bonchev–Trinajstić information content (AvgIpc) is 2.46. The van der Waals surface area contributed by atoms with Crippen LogP contribution in [0.4, 0.5) is 0 Å². The molecule has 0 fully saturated rings. The van der Waals surface area contributed by atoms with E-state index in [-0.39, 0.29) is 5.75 Å². The molecule has 8 heteroatoms. The molecule has 1 aromatic rings. The number of hydrogen-bond donors (Lipinski definition) is 1. The first kappa shape index (κ1) is 16.4. The predicted molar refractivity (Wildman–Crippen MR) is 70.2 cm³/mol. The Labute approximate surface area is 120 Å². The van der Waals surface area contributed by atoms with E-state index in [2.05, 4.69) is 9.47 Å². The Hall–Kier alpha value is -2.64. The summed E-state index contributed by atoms with van der Waals surface area (Å²) in [7, 11) is 2.16. The van der Waals surface area contributed by atoms with Gasteiger partial charge in [0.2, 0.25) is 6.54 Å². The molecular formula is C13H15NO7. The predicted octanol–water partition coefficient (Wildman–Crippen LogP) is 0.715. The number of nitro groups is 1. The lowest BCUT2D eigenvalue weighted by molar-refractivity contribution is -0.484. The Morgan fingerprint density at radius 1 is 1.19 bits per heavy atom. The second-order valence-corrected chi connectivity index (χ2v) is 4.24. The van der Waals surface area contributed by atoms with Gasteiger partial charge in [-0.05, 0) is 17.7 Å². The third-order valence-corrected chi connectivity index (χ3v) is 2.98. The summed E-state index contributed by atoms with van der Waals surface area (Å²) in [6, 6.07) is 5.44. The highest BCUT2D eigenvalue weighted by molar-refractivity contribution is 5.96. The van der Waals surface area contributed by atoms with Crippen molar-refractivity contribution >= 4 is 11.9 Å². The number of rotatable bonds is 6. The second kappa shape index (κ2) is 7.22. The summed E-state index contributed by atoms with van der Waals surface area (Å²) in [4.78, 5) is 33.8. The first-order valence-electron chi connectivity index (χ1n) is 5.97. The summed E-state index contributed by atoms with van der Waals surface area (Å²) in [5.74, 6) is -4.37. The van der Waals surface area contributed by atoms with Crippen molar-refractivity contribution in [1.82, 2.24) is 0 Å². The molecule has 21 heavy (non-hydrogen) atoms. The van der Waals surface area contributed by atoms with Crippen molar-refractivity contribution in [3.05, 3.63) is 39.9 Å². The van der Waals surface area contributed by atoms with Crippen LogP contribution in [0.5, 0.6) is 5.75 Å². The number of ether oxygens (including phenoxy) is 2. The van der Waals surface area contributed by atoms with Crippen LogP contribution in [0.15, 0.2) is 24.3 Å². The lowest BCUT2D eigenvalue weighted by Crippen LogP contribution is -2.35. The maximum absolute atomic E-state index is 11.8. The minimum atomic E-state index is -1.45. The summed E-state index contributed by atoms with van der Waals surface area (Å²) in [5, 5.41) is 20.1. The standard InChI is InChI=1S/C13H15NO7/c1-20-12(16)11(13(17)21-2)10(7-14(18)19)8-3-5-9(15)6-4-8/h3-6,10-11,15H,7H2,1-2H3/t10-/m0/s1. The minimum Gasteiger partial charge on any atom is -0.508 e. The molecule has 8 nitrogen and oxygen atoms in total. The van der Waals surface area contributed by atoms with Gasteiger partial charge in [-0.25, -0.2) is 0 Å². The van der Waals surface area contributed by atoms with Gasteiger partial charge < -0.3 is 14.6 Å². The van der Waals surface area contributed by atoms with Crippen LogP contribution in [0, 0.1) is 16.0 Å². The van der Waals surface area contributed by atoms with Crippen LogP contribution in [0.2, 0.25) is 0 Å². The van der Waals surface area contributed by atoms with Crippen LogP contribution in [0.25, 0.3) is 0 Å². The largest absolute Gasteiger partial charge is 0.508 e. The summed E-state index contributed by atoms with van der Waals surface area (Å²) in [6.07, 6.45) is 0. The number of nitrogens with zero attached hydrogens (tertiary/aromatic N) is 1. The normalized spacial score (nSPS) is 11.8. The zero-order valence-electron chi connectivity index (χ0n) is 11.5. The third kappa shape index (κ3) is 4.16. The summed E-state index contributed by atoms with van der Waals surface area (Å²) in [5.41, 5.74) is 0.352. The Balaban J connectivity index is 3.25. The van der Waals surface area contributed by atoms with Gasteiger partial charge in [-0.15, -0.1) is 0 Å². The van der Waals surface area contributed by atoms with Crippen molar-refractivity contribution in [2.24, 2.45) is 5.92 Å². The highest BCUT2D eigenvalue weighted by Gasteiger charge is 2.40. The number of esters is 2. The molecule has 114 valence electrons. The zero-order valence-corrected chi connectivity index (χ0v) is 11.5. The molecule has 1 N–H and O–H groups in total. The lowest BCUT2D eigenvalue weighted by Gasteiger charge is -2.20. The van der Waals surface area contributed by atoms with Crippen LogP contribution < -0.4 is 0 Å². The molecule has 0 saturated carbocycles. The van der Waals surface area contributed by atoms with E-state index >= 15 is 0 Å². The fourth-order valence-electron chi connectivity index (χ4n) is 1.96. The molecule has 0 bridgehead atoms. The number of phenols is 1. The molecule has 0 saturated heterocycles. The van der Waals surface area contributed by atoms with Crippen molar-refractivity contribution in [1.29, 1.82) is 0 Å². The van der Waals surface area contributed by atoms with Crippen LogP contribution in [-0.2, 0) is 19.1 Å². The molecular weight excluding hydrogens is 282 g/mol. The van der Waals surface area contributed by atoms with Gasteiger partial charge in [0.05, 0.1) is 20.1 Å². The van der Waals surface area contributed by atoms with E-state index in [0.29, 0.717) is 5.56 Å². The van der Waals surface area contributed by atoms with Crippen molar-refractivity contribution in [2.45, 2.75) is 5.92 Å². The van der Waals surface area contributed by atoms with E-state index in [1.54, 1.807) is 0 Å². The number of aromatic hydroxyl groups is 1. The SMILES string of the molecule is COC(=O)C(C(=O)OC)[C@@H](C[N+](=O)[O-])c1ccc(O)cc1. The third-order valence-electron chi connectivity index (χ3n) is 2.98. The Morgan fingerprint density at radius 3 is 2.05 bits per heavy atom. The van der Waals surface area contributed by atoms with Gasteiger partial charge in [-0.1, -0.05) is 12.1 Å². The zero-order chi connectivity index (χ0) is 16.0.